The van der Waals surface area contributed by atoms with Gasteiger partial charge in [0, 0.05) is 5.92 Å². The monoisotopic (exact) mass is 227 g/mol. The number of nitrogens with zero attached hydrogens (tertiary/aromatic N) is 1. The topological polar surface area (TPSA) is 26.0 Å². The Morgan fingerprint density at radius 2 is 2.13 bits per heavy atom. The third-order valence-corrected chi connectivity index (χ3v) is 3.85. The van der Waals surface area contributed by atoms with E-state index in [-0.39, 0.29) is 0 Å². The fourth-order valence-corrected chi connectivity index (χ4v) is 2.74. The average Bonchev–Trinajstić information content (AvgIpc) is 2.77. The van der Waals surface area contributed by atoms with E-state index in [1.165, 1.54) is 38.5 Å². The lowest BCUT2D eigenvalue weighted by atomic mass is 9.79. The van der Waals surface area contributed by atoms with Gasteiger partial charge in [-0.25, -0.2) is 4.98 Å². The van der Waals surface area contributed by atoms with E-state index in [1.807, 2.05) is 0 Å². The lowest BCUT2D eigenvalue weighted by molar-refractivity contribution is 0.292. The molecule has 0 unspecified atom stereocenters. The second-order valence-electron chi connectivity index (χ2n) is 4.42. The van der Waals surface area contributed by atoms with Crippen LogP contribution in [0.5, 0.6) is 0 Å². The van der Waals surface area contributed by atoms with Crippen LogP contribution in [0.2, 0.25) is 0 Å². The Bertz CT molecular complexity index is 302. The van der Waals surface area contributed by atoms with E-state index in [1.54, 1.807) is 0 Å². The van der Waals surface area contributed by atoms with Crippen LogP contribution in [0, 0.1) is 5.92 Å². The average molecular weight is 228 g/mol. The lowest BCUT2D eigenvalue weighted by Gasteiger charge is -2.26. The summed E-state index contributed by atoms with van der Waals surface area (Å²) in [6.45, 7) is 2.28. The number of rotatable bonds is 3. The van der Waals surface area contributed by atoms with Crippen LogP contribution in [-0.4, -0.2) is 4.98 Å². The van der Waals surface area contributed by atoms with Gasteiger partial charge in [0.2, 0.25) is 0 Å². The van der Waals surface area contributed by atoms with Crippen LogP contribution in [0.1, 0.15) is 56.4 Å². The van der Waals surface area contributed by atoms with Gasteiger partial charge >= 0.3 is 0 Å². The van der Waals surface area contributed by atoms with E-state index >= 15 is 0 Å². The first-order valence-corrected chi connectivity index (χ1v) is 6.36. The molecule has 1 aliphatic rings. The van der Waals surface area contributed by atoms with Crippen molar-refractivity contribution in [2.45, 2.75) is 50.8 Å². The Labute approximate surface area is 96.0 Å². The number of aromatic nitrogens is 1. The summed E-state index contributed by atoms with van der Waals surface area (Å²) in [4.78, 5) is 4.15. The van der Waals surface area contributed by atoms with Crippen LogP contribution in [0.25, 0.3) is 0 Å². The van der Waals surface area contributed by atoms with Crippen molar-refractivity contribution >= 4 is 11.6 Å². The first-order valence-electron chi connectivity index (χ1n) is 5.83. The zero-order chi connectivity index (χ0) is 10.7. The van der Waals surface area contributed by atoms with Crippen molar-refractivity contribution in [1.82, 2.24) is 4.98 Å². The van der Waals surface area contributed by atoms with Crippen molar-refractivity contribution in [2.24, 2.45) is 5.92 Å². The van der Waals surface area contributed by atoms with Crippen LogP contribution in [0.3, 0.4) is 0 Å². The summed E-state index contributed by atoms with van der Waals surface area (Å²) in [6.07, 6.45) is 7.95. The summed E-state index contributed by atoms with van der Waals surface area (Å²) in [5.74, 6) is 2.99. The van der Waals surface area contributed by atoms with Crippen molar-refractivity contribution in [2.75, 3.05) is 0 Å². The van der Waals surface area contributed by atoms with E-state index in [0.29, 0.717) is 11.8 Å². The highest BCUT2D eigenvalue weighted by Gasteiger charge is 2.25. The highest BCUT2D eigenvalue weighted by atomic mass is 35.5. The molecule has 0 amide bonds. The lowest BCUT2D eigenvalue weighted by Crippen LogP contribution is -2.13. The zero-order valence-corrected chi connectivity index (χ0v) is 9.96. The van der Waals surface area contributed by atoms with E-state index in [2.05, 4.69) is 11.9 Å². The van der Waals surface area contributed by atoms with E-state index < -0.39 is 0 Å². The van der Waals surface area contributed by atoms with Gasteiger partial charge in [0.1, 0.15) is 5.76 Å². The summed E-state index contributed by atoms with van der Waals surface area (Å²) in [5.41, 5.74) is 0.941. The zero-order valence-electron chi connectivity index (χ0n) is 9.21. The van der Waals surface area contributed by atoms with Gasteiger partial charge in [-0.05, 0) is 31.6 Å². The van der Waals surface area contributed by atoms with Crippen LogP contribution in [0.15, 0.2) is 10.8 Å². The molecular weight excluding hydrogens is 210 g/mol. The minimum atomic E-state index is 0.472. The molecule has 0 aliphatic heterocycles. The smallest absolute Gasteiger partial charge is 0.181 e. The SMILES string of the molecule is CCC1CCC(c2ocnc2CCl)CC1. The summed E-state index contributed by atoms with van der Waals surface area (Å²) >= 11 is 5.83. The van der Waals surface area contributed by atoms with Crippen molar-refractivity contribution in [3.8, 4) is 0 Å². The molecule has 2 rings (SSSR count). The highest BCUT2D eigenvalue weighted by molar-refractivity contribution is 6.16. The normalized spacial score (nSPS) is 26.8. The molecule has 2 nitrogen and oxygen atoms in total. The maximum absolute atomic E-state index is 5.83. The molecule has 15 heavy (non-hydrogen) atoms. The molecule has 0 bridgehead atoms. The Hall–Kier alpha value is -0.500. The molecule has 1 aromatic heterocycles. The molecule has 1 fully saturated rings. The first-order chi connectivity index (χ1) is 7.35. The Morgan fingerprint density at radius 1 is 1.40 bits per heavy atom. The third kappa shape index (κ3) is 2.36. The number of hydrogen-bond donors (Lipinski definition) is 0. The van der Waals surface area contributed by atoms with Gasteiger partial charge in [0.15, 0.2) is 6.39 Å². The Balaban J connectivity index is 2.01. The molecule has 0 atom stereocenters. The van der Waals surface area contributed by atoms with Crippen molar-refractivity contribution in [1.29, 1.82) is 0 Å². The van der Waals surface area contributed by atoms with E-state index in [0.717, 1.165) is 17.4 Å². The van der Waals surface area contributed by atoms with Gasteiger partial charge < -0.3 is 4.42 Å². The molecule has 0 aromatic carbocycles. The second kappa shape index (κ2) is 5.02. The summed E-state index contributed by atoms with van der Waals surface area (Å²) in [6, 6.07) is 0. The fraction of sp³-hybridized carbons (Fsp3) is 0.750. The largest absolute Gasteiger partial charge is 0.448 e. The van der Waals surface area contributed by atoms with Gasteiger partial charge in [-0.2, -0.15) is 0 Å². The molecule has 0 N–H and O–H groups in total. The predicted molar refractivity (Wildman–Crippen MR) is 61.1 cm³/mol. The maximum Gasteiger partial charge on any atom is 0.181 e. The minimum Gasteiger partial charge on any atom is -0.448 e. The van der Waals surface area contributed by atoms with Crippen LogP contribution in [-0.2, 0) is 5.88 Å². The van der Waals surface area contributed by atoms with Crippen LogP contribution in [0.4, 0.5) is 0 Å². The summed E-state index contributed by atoms with van der Waals surface area (Å²) in [7, 11) is 0. The van der Waals surface area contributed by atoms with E-state index in [4.69, 9.17) is 16.0 Å². The molecule has 1 saturated carbocycles. The number of oxazole rings is 1. The number of halogens is 1. The second-order valence-corrected chi connectivity index (χ2v) is 4.69. The standard InChI is InChI=1S/C12H18ClNO/c1-2-9-3-5-10(6-4-9)12-11(7-13)14-8-15-12/h8-10H,2-7H2,1H3. The van der Waals surface area contributed by atoms with Crippen molar-refractivity contribution in [3.05, 3.63) is 17.8 Å². The molecule has 0 spiro atoms. The van der Waals surface area contributed by atoms with E-state index in [9.17, 15) is 0 Å². The fourth-order valence-electron chi connectivity index (χ4n) is 2.54. The van der Waals surface area contributed by atoms with Gasteiger partial charge in [0.05, 0.1) is 11.6 Å². The molecule has 1 heterocycles. The summed E-state index contributed by atoms with van der Waals surface area (Å²) < 4.78 is 5.47. The van der Waals surface area contributed by atoms with Gasteiger partial charge in [0.25, 0.3) is 0 Å². The maximum atomic E-state index is 5.83. The van der Waals surface area contributed by atoms with Crippen molar-refractivity contribution < 1.29 is 4.42 Å². The predicted octanol–water partition coefficient (Wildman–Crippen LogP) is 4.10. The number of alkyl halides is 1. The Kier molecular flexibility index (Phi) is 3.68. The van der Waals surface area contributed by atoms with Gasteiger partial charge in [-0.3, -0.25) is 0 Å². The summed E-state index contributed by atoms with van der Waals surface area (Å²) in [5, 5.41) is 0. The molecule has 84 valence electrons. The molecule has 3 heteroatoms. The third-order valence-electron chi connectivity index (χ3n) is 3.59. The molecule has 1 aliphatic carbocycles. The van der Waals surface area contributed by atoms with Crippen LogP contribution < -0.4 is 0 Å². The first kappa shape index (κ1) is 11.0. The number of hydrogen-bond acceptors (Lipinski definition) is 2. The van der Waals surface area contributed by atoms with Crippen molar-refractivity contribution in [3.63, 3.8) is 0 Å². The quantitative estimate of drug-likeness (QED) is 0.727. The van der Waals surface area contributed by atoms with Gasteiger partial charge in [-0.1, -0.05) is 13.3 Å². The molecule has 0 saturated heterocycles. The molecule has 1 aromatic rings. The minimum absolute atomic E-state index is 0.472. The molecular formula is C12H18ClNO. The highest BCUT2D eigenvalue weighted by Crippen LogP contribution is 2.38. The molecule has 0 radical (unpaired) electrons. The van der Waals surface area contributed by atoms with Gasteiger partial charge in [-0.15, -0.1) is 11.6 Å². The van der Waals surface area contributed by atoms with Crippen LogP contribution >= 0.6 is 11.6 Å². The Morgan fingerprint density at radius 3 is 2.73 bits per heavy atom.